The zero-order chi connectivity index (χ0) is 22.3. The first-order chi connectivity index (χ1) is 14.1. The van der Waals surface area contributed by atoms with Crippen molar-refractivity contribution in [2.24, 2.45) is 0 Å². The molecule has 0 aromatic heterocycles. The van der Waals surface area contributed by atoms with Gasteiger partial charge in [0.1, 0.15) is 5.75 Å². The van der Waals surface area contributed by atoms with Gasteiger partial charge in [0.15, 0.2) is 6.61 Å². The minimum atomic E-state index is -4.62. The van der Waals surface area contributed by atoms with Crippen LogP contribution in [0.2, 0.25) is 0 Å². The molecule has 2 rings (SSSR count). The molecule has 0 spiro atoms. The number of esters is 1. The fourth-order valence-corrected chi connectivity index (χ4v) is 3.34. The van der Waals surface area contributed by atoms with Crippen LogP contribution < -0.4 is 10.1 Å². The molecule has 1 atom stereocenters. The van der Waals surface area contributed by atoms with Crippen molar-refractivity contribution in [3.63, 3.8) is 0 Å². The highest BCUT2D eigenvalue weighted by molar-refractivity contribution is 7.99. The minimum absolute atomic E-state index is 0.0866. The molecule has 1 unspecified atom stereocenters. The highest BCUT2D eigenvalue weighted by atomic mass is 32.2. The van der Waals surface area contributed by atoms with E-state index < -0.39 is 23.6 Å². The molecule has 0 radical (unpaired) electrons. The Balaban J connectivity index is 2.22. The zero-order valence-corrected chi connectivity index (χ0v) is 17.5. The largest absolute Gasteiger partial charge is 0.482 e. The number of hydrogen-bond acceptors (Lipinski definition) is 5. The average molecular weight is 441 g/mol. The lowest BCUT2D eigenvalue weighted by molar-refractivity contribution is -0.143. The summed E-state index contributed by atoms with van der Waals surface area (Å²) in [5.74, 6) is -1.12. The fraction of sp³-hybridized carbons (Fsp3) is 0.333. The molecule has 2 aromatic rings. The van der Waals surface area contributed by atoms with Crippen LogP contribution in [0.25, 0.3) is 0 Å². The summed E-state index contributed by atoms with van der Waals surface area (Å²) in [5.41, 5.74) is -1.16. The number of ether oxygens (including phenoxy) is 2. The van der Waals surface area contributed by atoms with Crippen LogP contribution in [0.15, 0.2) is 47.4 Å². The van der Waals surface area contributed by atoms with Crippen molar-refractivity contribution in [3.8, 4) is 5.75 Å². The van der Waals surface area contributed by atoms with Crippen molar-refractivity contribution in [3.05, 3.63) is 53.6 Å². The minimum Gasteiger partial charge on any atom is -0.482 e. The van der Waals surface area contributed by atoms with E-state index in [0.717, 1.165) is 12.5 Å². The fourth-order valence-electron chi connectivity index (χ4n) is 2.38. The number of rotatable bonds is 8. The number of nitrogens with one attached hydrogen (secondary N) is 1. The summed E-state index contributed by atoms with van der Waals surface area (Å²) < 4.78 is 50.3. The number of anilines is 1. The molecule has 1 amide bonds. The van der Waals surface area contributed by atoms with Crippen LogP contribution in [-0.4, -0.2) is 30.8 Å². The highest BCUT2D eigenvalue weighted by Crippen LogP contribution is 2.38. The molecule has 162 valence electrons. The van der Waals surface area contributed by atoms with Gasteiger partial charge in [-0.2, -0.15) is 13.2 Å². The van der Waals surface area contributed by atoms with Crippen molar-refractivity contribution < 1.29 is 32.2 Å². The van der Waals surface area contributed by atoms with Gasteiger partial charge in [0.05, 0.1) is 18.4 Å². The number of methoxy groups -OCH3 is 1. The molecule has 0 saturated heterocycles. The van der Waals surface area contributed by atoms with Crippen molar-refractivity contribution in [2.75, 3.05) is 19.0 Å². The van der Waals surface area contributed by atoms with Crippen molar-refractivity contribution in [1.82, 2.24) is 0 Å². The SMILES string of the molecule is CCC(C)Sc1ccc(NC(=O)c2cccc(OCC(=O)OC)c2)c(C(F)(F)F)c1. The molecule has 0 saturated carbocycles. The topological polar surface area (TPSA) is 64.6 Å². The van der Waals surface area contributed by atoms with Crippen LogP contribution in [0.3, 0.4) is 0 Å². The second kappa shape index (κ2) is 10.4. The Hall–Kier alpha value is -2.68. The number of alkyl halides is 3. The van der Waals surface area contributed by atoms with Gasteiger partial charge in [-0.3, -0.25) is 4.79 Å². The molecule has 0 aliphatic heterocycles. The molecular formula is C21H22F3NO4S. The molecular weight excluding hydrogens is 419 g/mol. The van der Waals surface area contributed by atoms with E-state index in [9.17, 15) is 22.8 Å². The van der Waals surface area contributed by atoms with E-state index in [2.05, 4.69) is 10.1 Å². The average Bonchev–Trinajstić information content (AvgIpc) is 2.72. The van der Waals surface area contributed by atoms with E-state index in [1.54, 1.807) is 6.07 Å². The van der Waals surface area contributed by atoms with Gasteiger partial charge in [-0.05, 0) is 42.8 Å². The Morgan fingerprint density at radius 3 is 2.53 bits per heavy atom. The molecule has 2 aromatic carbocycles. The van der Waals surface area contributed by atoms with Crippen LogP contribution in [0.1, 0.15) is 36.2 Å². The summed E-state index contributed by atoms with van der Waals surface area (Å²) in [6.07, 6.45) is -3.81. The monoisotopic (exact) mass is 441 g/mol. The van der Waals surface area contributed by atoms with E-state index in [1.807, 2.05) is 13.8 Å². The number of thioether (sulfide) groups is 1. The molecule has 0 aliphatic rings. The van der Waals surface area contributed by atoms with Crippen LogP contribution in [0, 0.1) is 0 Å². The number of hydrogen-bond donors (Lipinski definition) is 1. The maximum Gasteiger partial charge on any atom is 0.418 e. The van der Waals surface area contributed by atoms with Crippen molar-refractivity contribution in [1.29, 1.82) is 0 Å². The van der Waals surface area contributed by atoms with Gasteiger partial charge in [0.2, 0.25) is 0 Å². The summed E-state index contributed by atoms with van der Waals surface area (Å²) in [6.45, 7) is 3.54. The smallest absolute Gasteiger partial charge is 0.418 e. The summed E-state index contributed by atoms with van der Waals surface area (Å²) in [7, 11) is 1.21. The summed E-state index contributed by atoms with van der Waals surface area (Å²) in [4.78, 5) is 24.2. The summed E-state index contributed by atoms with van der Waals surface area (Å²) in [6, 6.07) is 9.63. The molecule has 0 fully saturated rings. The van der Waals surface area contributed by atoms with Gasteiger partial charge in [0, 0.05) is 15.7 Å². The lowest BCUT2D eigenvalue weighted by Crippen LogP contribution is -2.17. The quantitative estimate of drug-likeness (QED) is 0.439. The van der Waals surface area contributed by atoms with Crippen LogP contribution >= 0.6 is 11.8 Å². The van der Waals surface area contributed by atoms with Crippen LogP contribution in [-0.2, 0) is 15.7 Å². The van der Waals surface area contributed by atoms with Gasteiger partial charge < -0.3 is 14.8 Å². The van der Waals surface area contributed by atoms with E-state index >= 15 is 0 Å². The summed E-state index contributed by atoms with van der Waals surface area (Å²) >= 11 is 1.34. The Kier molecular flexibility index (Phi) is 8.16. The third-order valence-electron chi connectivity index (χ3n) is 4.14. The standard InChI is InChI=1S/C21H22F3NO4S/c1-4-13(2)30-16-8-9-18(17(11-16)21(22,23)24)25-20(27)14-6-5-7-15(10-14)29-12-19(26)28-3/h5-11,13H,4,12H2,1-3H3,(H,25,27). The van der Waals surface area contributed by atoms with E-state index in [4.69, 9.17) is 4.74 Å². The first kappa shape index (κ1) is 23.6. The van der Waals surface area contributed by atoms with E-state index in [1.165, 1.54) is 49.2 Å². The Labute approximate surface area is 176 Å². The van der Waals surface area contributed by atoms with Crippen molar-refractivity contribution in [2.45, 2.75) is 36.6 Å². The number of benzene rings is 2. The highest BCUT2D eigenvalue weighted by Gasteiger charge is 2.34. The zero-order valence-electron chi connectivity index (χ0n) is 16.7. The van der Waals surface area contributed by atoms with E-state index in [0.29, 0.717) is 4.90 Å². The lowest BCUT2D eigenvalue weighted by Gasteiger charge is -2.16. The lowest BCUT2D eigenvalue weighted by atomic mass is 10.1. The normalized spacial score (nSPS) is 12.2. The Bertz CT molecular complexity index is 902. The molecule has 30 heavy (non-hydrogen) atoms. The van der Waals surface area contributed by atoms with Gasteiger partial charge in [-0.15, -0.1) is 11.8 Å². The van der Waals surface area contributed by atoms with Crippen LogP contribution in [0.4, 0.5) is 18.9 Å². The second-order valence-corrected chi connectivity index (χ2v) is 7.90. The molecule has 9 heteroatoms. The third-order valence-corrected chi connectivity index (χ3v) is 5.40. The molecule has 1 N–H and O–H groups in total. The molecule has 0 bridgehead atoms. The number of carbonyl (C=O) groups excluding carboxylic acids is 2. The van der Waals surface area contributed by atoms with Gasteiger partial charge in [0.25, 0.3) is 5.91 Å². The third kappa shape index (κ3) is 6.69. The first-order valence-electron chi connectivity index (χ1n) is 9.13. The maximum atomic E-state index is 13.5. The Morgan fingerprint density at radius 1 is 1.17 bits per heavy atom. The van der Waals surface area contributed by atoms with E-state index in [-0.39, 0.29) is 28.9 Å². The first-order valence-corrected chi connectivity index (χ1v) is 10.0. The Morgan fingerprint density at radius 2 is 1.90 bits per heavy atom. The van der Waals surface area contributed by atoms with Crippen molar-refractivity contribution >= 4 is 29.3 Å². The predicted octanol–water partition coefficient (Wildman–Crippen LogP) is 5.40. The molecule has 0 heterocycles. The van der Waals surface area contributed by atoms with Gasteiger partial charge >= 0.3 is 12.1 Å². The second-order valence-electron chi connectivity index (χ2n) is 6.39. The molecule has 5 nitrogen and oxygen atoms in total. The predicted molar refractivity (Wildman–Crippen MR) is 109 cm³/mol. The van der Waals surface area contributed by atoms with Gasteiger partial charge in [-0.1, -0.05) is 19.9 Å². The molecule has 0 aliphatic carbocycles. The number of halogens is 3. The van der Waals surface area contributed by atoms with Crippen LogP contribution in [0.5, 0.6) is 5.75 Å². The number of amides is 1. The number of carbonyl (C=O) groups is 2. The maximum absolute atomic E-state index is 13.5. The van der Waals surface area contributed by atoms with Gasteiger partial charge in [-0.25, -0.2) is 4.79 Å². The summed E-state index contributed by atoms with van der Waals surface area (Å²) in [5, 5.41) is 2.48.